The van der Waals surface area contributed by atoms with Gasteiger partial charge in [-0.25, -0.2) is 0 Å². The zero-order valence-electron chi connectivity index (χ0n) is 15.9. The molecule has 4 rings (SSSR count). The van der Waals surface area contributed by atoms with Crippen molar-refractivity contribution < 1.29 is 19.2 Å². The maximum atomic E-state index is 12.7. The second-order valence-electron chi connectivity index (χ2n) is 7.08. The monoisotopic (exact) mass is 398 g/mol. The summed E-state index contributed by atoms with van der Waals surface area (Å²) in [5.74, 6) is 1.33. The van der Waals surface area contributed by atoms with Crippen LogP contribution < -0.4 is 15.2 Å². The number of fused-ring (bicyclic) bond motifs is 1. The van der Waals surface area contributed by atoms with E-state index in [0.717, 1.165) is 36.7 Å². The highest BCUT2D eigenvalue weighted by Crippen LogP contribution is 2.31. The first-order valence-corrected chi connectivity index (χ1v) is 9.45. The molecule has 0 bridgehead atoms. The summed E-state index contributed by atoms with van der Waals surface area (Å²) in [6.07, 6.45) is 0. The molecule has 2 N–H and O–H groups in total. The highest BCUT2D eigenvalue weighted by molar-refractivity contribution is 5.95. The third kappa shape index (κ3) is 4.09. The molecule has 0 aliphatic carbocycles. The van der Waals surface area contributed by atoms with E-state index in [-0.39, 0.29) is 22.8 Å². The molecule has 2 aromatic carbocycles. The predicted molar refractivity (Wildman–Crippen MR) is 106 cm³/mol. The lowest BCUT2D eigenvalue weighted by Crippen LogP contribution is -2.48. The minimum absolute atomic E-state index is 0.0517. The van der Waals surface area contributed by atoms with Gasteiger partial charge in [0, 0.05) is 44.4 Å². The lowest BCUT2D eigenvalue weighted by atomic mass is 10.1. The van der Waals surface area contributed by atoms with Gasteiger partial charge in [-0.3, -0.25) is 19.8 Å². The molecule has 0 aromatic heterocycles. The van der Waals surface area contributed by atoms with Gasteiger partial charge in [0.05, 0.1) is 4.92 Å². The lowest BCUT2D eigenvalue weighted by molar-refractivity contribution is -0.383. The number of nitrogen functional groups attached to an aromatic ring is 1. The molecule has 152 valence electrons. The molecule has 2 aromatic rings. The fraction of sp³-hybridized carbons (Fsp3) is 0.350. The second-order valence-corrected chi connectivity index (χ2v) is 7.08. The molecular formula is C20H22N4O5. The number of nitro groups is 1. The van der Waals surface area contributed by atoms with Crippen LogP contribution in [0.3, 0.4) is 0 Å². The van der Waals surface area contributed by atoms with Crippen LogP contribution in [0.2, 0.25) is 0 Å². The second kappa shape index (κ2) is 7.96. The highest BCUT2D eigenvalue weighted by atomic mass is 16.6. The lowest BCUT2D eigenvalue weighted by Gasteiger charge is -2.35. The van der Waals surface area contributed by atoms with Crippen LogP contribution in [0.4, 0.5) is 11.4 Å². The summed E-state index contributed by atoms with van der Waals surface area (Å²) in [6.45, 7) is 4.43. The topological polar surface area (TPSA) is 111 Å². The summed E-state index contributed by atoms with van der Waals surface area (Å²) in [5.41, 5.74) is 6.83. The van der Waals surface area contributed by atoms with Crippen LogP contribution in [-0.2, 0) is 6.54 Å². The number of nitrogens with two attached hydrogens (primary N) is 1. The number of carbonyl (C=O) groups excluding carboxylic acids is 1. The van der Waals surface area contributed by atoms with Crippen molar-refractivity contribution >= 4 is 17.3 Å². The Kier molecular flexibility index (Phi) is 5.22. The molecule has 0 saturated carbocycles. The first-order chi connectivity index (χ1) is 14.0. The van der Waals surface area contributed by atoms with Crippen LogP contribution in [-0.4, -0.2) is 60.0 Å². The third-order valence-electron chi connectivity index (χ3n) is 5.15. The van der Waals surface area contributed by atoms with E-state index in [0.29, 0.717) is 26.3 Å². The van der Waals surface area contributed by atoms with Crippen LogP contribution in [0.5, 0.6) is 11.5 Å². The van der Waals surface area contributed by atoms with Crippen molar-refractivity contribution in [2.45, 2.75) is 6.54 Å². The van der Waals surface area contributed by atoms with E-state index in [4.69, 9.17) is 15.2 Å². The van der Waals surface area contributed by atoms with Crippen LogP contribution in [0.15, 0.2) is 36.4 Å². The predicted octanol–water partition coefficient (Wildman–Crippen LogP) is 1.91. The standard InChI is InChI=1S/C20H22N4O5/c21-16-3-2-15(12-17(16)24(26)27)20(25)23-7-5-22(6-8-23)13-14-1-4-18-19(11-14)29-10-9-28-18/h1-4,11-12H,5-10,13,21H2. The van der Waals surface area contributed by atoms with Gasteiger partial charge in [-0.1, -0.05) is 6.07 Å². The van der Waals surface area contributed by atoms with Crippen molar-refractivity contribution in [3.63, 3.8) is 0 Å². The van der Waals surface area contributed by atoms with Gasteiger partial charge in [0.25, 0.3) is 11.6 Å². The minimum atomic E-state index is -0.572. The molecule has 1 saturated heterocycles. The zero-order chi connectivity index (χ0) is 20.4. The third-order valence-corrected chi connectivity index (χ3v) is 5.15. The first kappa shape index (κ1) is 19.0. The number of nitrogens with zero attached hydrogens (tertiary/aromatic N) is 3. The molecule has 2 heterocycles. The van der Waals surface area contributed by atoms with E-state index in [1.165, 1.54) is 18.2 Å². The summed E-state index contributed by atoms with van der Waals surface area (Å²) < 4.78 is 11.2. The average molecular weight is 398 g/mol. The van der Waals surface area contributed by atoms with Crippen LogP contribution in [0.25, 0.3) is 0 Å². The number of rotatable bonds is 4. The Hall–Kier alpha value is -3.33. The molecule has 29 heavy (non-hydrogen) atoms. The molecule has 2 aliphatic heterocycles. The van der Waals surface area contributed by atoms with E-state index in [1.54, 1.807) is 4.90 Å². The number of piperazine rings is 1. The van der Waals surface area contributed by atoms with E-state index < -0.39 is 4.92 Å². The number of hydrogen-bond donors (Lipinski definition) is 1. The Balaban J connectivity index is 1.36. The summed E-state index contributed by atoms with van der Waals surface area (Å²) in [5, 5.41) is 11.1. The van der Waals surface area contributed by atoms with E-state index >= 15 is 0 Å². The van der Waals surface area contributed by atoms with Gasteiger partial charge in [0.1, 0.15) is 18.9 Å². The largest absolute Gasteiger partial charge is 0.486 e. The fourth-order valence-electron chi connectivity index (χ4n) is 3.57. The highest BCUT2D eigenvalue weighted by Gasteiger charge is 2.24. The molecule has 0 radical (unpaired) electrons. The van der Waals surface area contributed by atoms with Crippen molar-refractivity contribution in [2.75, 3.05) is 45.1 Å². The zero-order valence-corrected chi connectivity index (χ0v) is 15.9. The number of ether oxygens (including phenoxy) is 2. The average Bonchev–Trinajstić information content (AvgIpc) is 2.74. The van der Waals surface area contributed by atoms with E-state index in [9.17, 15) is 14.9 Å². The first-order valence-electron chi connectivity index (χ1n) is 9.45. The molecular weight excluding hydrogens is 376 g/mol. The number of anilines is 1. The molecule has 9 heteroatoms. The maximum Gasteiger partial charge on any atom is 0.292 e. The van der Waals surface area contributed by atoms with E-state index in [1.807, 2.05) is 18.2 Å². The quantitative estimate of drug-likeness (QED) is 0.476. The van der Waals surface area contributed by atoms with E-state index in [2.05, 4.69) is 4.90 Å². The Morgan fingerprint density at radius 2 is 1.76 bits per heavy atom. The van der Waals surface area contributed by atoms with Gasteiger partial charge in [-0.2, -0.15) is 0 Å². The SMILES string of the molecule is Nc1ccc(C(=O)N2CCN(Cc3ccc4c(c3)OCCO4)CC2)cc1[N+](=O)[O-]. The van der Waals surface area contributed by atoms with Gasteiger partial charge >= 0.3 is 0 Å². The number of amides is 1. The van der Waals surface area contributed by atoms with Crippen molar-refractivity contribution in [3.8, 4) is 11.5 Å². The number of hydrogen-bond acceptors (Lipinski definition) is 7. The van der Waals surface area contributed by atoms with Crippen molar-refractivity contribution in [1.29, 1.82) is 0 Å². The van der Waals surface area contributed by atoms with Crippen LogP contribution >= 0.6 is 0 Å². The summed E-state index contributed by atoms with van der Waals surface area (Å²) >= 11 is 0. The molecule has 9 nitrogen and oxygen atoms in total. The summed E-state index contributed by atoms with van der Waals surface area (Å²) in [7, 11) is 0. The normalized spacial score (nSPS) is 16.5. The molecule has 0 atom stereocenters. The molecule has 0 unspecified atom stereocenters. The Bertz CT molecular complexity index is 940. The van der Waals surface area contributed by atoms with Crippen LogP contribution in [0.1, 0.15) is 15.9 Å². The van der Waals surface area contributed by atoms with Crippen LogP contribution in [0, 0.1) is 10.1 Å². The Morgan fingerprint density at radius 1 is 1.03 bits per heavy atom. The maximum absolute atomic E-state index is 12.7. The molecule has 2 aliphatic rings. The number of nitro benzene ring substituents is 1. The number of benzene rings is 2. The van der Waals surface area contributed by atoms with Crippen molar-refractivity contribution in [1.82, 2.24) is 9.80 Å². The Labute approximate surface area is 167 Å². The molecule has 1 fully saturated rings. The molecule has 0 spiro atoms. The van der Waals surface area contributed by atoms with Crippen molar-refractivity contribution in [2.24, 2.45) is 0 Å². The smallest absolute Gasteiger partial charge is 0.292 e. The minimum Gasteiger partial charge on any atom is -0.486 e. The van der Waals surface area contributed by atoms with Crippen molar-refractivity contribution in [3.05, 3.63) is 57.6 Å². The van der Waals surface area contributed by atoms with Gasteiger partial charge in [0.2, 0.25) is 0 Å². The summed E-state index contributed by atoms with van der Waals surface area (Å²) in [6, 6.07) is 10.1. The summed E-state index contributed by atoms with van der Waals surface area (Å²) in [4.78, 5) is 27.2. The van der Waals surface area contributed by atoms with Gasteiger partial charge in [0.15, 0.2) is 11.5 Å². The fourth-order valence-corrected chi connectivity index (χ4v) is 3.57. The van der Waals surface area contributed by atoms with Gasteiger partial charge in [-0.15, -0.1) is 0 Å². The van der Waals surface area contributed by atoms with Gasteiger partial charge in [-0.05, 0) is 29.8 Å². The van der Waals surface area contributed by atoms with Gasteiger partial charge < -0.3 is 20.1 Å². The Morgan fingerprint density at radius 3 is 2.48 bits per heavy atom. The molecule has 1 amide bonds. The number of carbonyl (C=O) groups is 1.